The lowest BCUT2D eigenvalue weighted by molar-refractivity contribution is 1.32. The zero-order valence-corrected chi connectivity index (χ0v) is 4.83. The van der Waals surface area contributed by atoms with Crippen LogP contribution in [0.1, 0.15) is 0 Å². The molecule has 42 valence electrons. The molecule has 1 rings (SSSR count). The Labute approximate surface area is 50.5 Å². The predicted octanol–water partition coefficient (Wildman–Crippen LogP) is 1.10. The van der Waals surface area contributed by atoms with Gasteiger partial charge < -0.3 is 5.41 Å². The van der Waals surface area contributed by atoms with Gasteiger partial charge in [0, 0.05) is 11.9 Å². The van der Waals surface area contributed by atoms with E-state index in [4.69, 9.17) is 10.8 Å². The summed E-state index contributed by atoms with van der Waals surface area (Å²) in [4.78, 5) is 0. The average Bonchev–Trinajstić information content (AvgIpc) is 1.77. The van der Waals surface area contributed by atoms with Gasteiger partial charge in [-0.15, -0.1) is 9.63 Å². The molecule has 1 aliphatic heterocycles. The molecule has 2 N–H and O–H groups in total. The van der Waals surface area contributed by atoms with Crippen molar-refractivity contribution in [3.05, 3.63) is 0 Å². The second-order valence-corrected chi connectivity index (χ2v) is 1.99. The minimum absolute atomic E-state index is 0.0104. The number of rotatable bonds is 0. The van der Waals surface area contributed by atoms with Crippen molar-refractivity contribution in [1.29, 1.82) is 10.8 Å². The zero-order chi connectivity index (χ0) is 5.98. The van der Waals surface area contributed by atoms with Gasteiger partial charge in [-0.05, 0) is 0 Å². The van der Waals surface area contributed by atoms with E-state index in [1.54, 1.807) is 0 Å². The van der Waals surface area contributed by atoms with Gasteiger partial charge in [0.1, 0.15) is 0 Å². The Bertz CT molecular complexity index is 161. The first-order valence-electron chi connectivity index (χ1n) is 2.00. The molecule has 0 aromatic rings. The highest BCUT2D eigenvalue weighted by atomic mass is 32.2. The fourth-order valence-corrected chi connectivity index (χ4v) is 0.755. The molecule has 0 spiro atoms. The Hall–Kier alpha value is -0.710. The molecule has 0 saturated heterocycles. The fraction of sp³-hybridized carbons (Fsp3) is 0.333. The molecule has 0 atom stereocenters. The summed E-state index contributed by atoms with van der Waals surface area (Å²) in [6.45, 7) is 0. The number of amidine groups is 1. The molecular weight excluding hydrogens is 124 g/mol. The summed E-state index contributed by atoms with van der Waals surface area (Å²) in [7, 11) is 0. The molecule has 8 heavy (non-hydrogen) atoms. The van der Waals surface area contributed by atoms with Crippen LogP contribution in [-0.4, -0.2) is 17.3 Å². The van der Waals surface area contributed by atoms with Crippen molar-refractivity contribution in [2.45, 2.75) is 0 Å². The summed E-state index contributed by atoms with van der Waals surface area (Å²) >= 11 is 1.20. The van der Waals surface area contributed by atoms with Crippen molar-refractivity contribution in [3.63, 3.8) is 0 Å². The summed E-state index contributed by atoms with van der Waals surface area (Å²) in [5.74, 6) is 0.478. The Morgan fingerprint density at radius 1 is 1.50 bits per heavy atom. The van der Waals surface area contributed by atoms with Crippen LogP contribution >= 0.6 is 11.9 Å². The topological polar surface area (TPSA) is 72.4 Å². The molecule has 0 saturated carbocycles. The highest BCUT2D eigenvalue weighted by Gasteiger charge is 2.07. The predicted molar refractivity (Wildman–Crippen MR) is 32.8 cm³/mol. The molecule has 0 bridgehead atoms. The lowest BCUT2D eigenvalue weighted by Crippen LogP contribution is -2.13. The number of hydrogen-bond donors (Lipinski definition) is 2. The van der Waals surface area contributed by atoms with Crippen molar-refractivity contribution < 1.29 is 0 Å². The van der Waals surface area contributed by atoms with Gasteiger partial charge in [-0.3, -0.25) is 5.41 Å². The van der Waals surface area contributed by atoms with Gasteiger partial charge in [0.25, 0.3) is 0 Å². The van der Waals surface area contributed by atoms with E-state index in [0.29, 0.717) is 5.75 Å². The minimum atomic E-state index is -0.0104. The maximum absolute atomic E-state index is 7.00. The Morgan fingerprint density at radius 3 is 2.62 bits per heavy atom. The Kier molecular flexibility index (Phi) is 1.38. The molecule has 0 aromatic heterocycles. The third-order valence-electron chi connectivity index (χ3n) is 0.693. The van der Waals surface area contributed by atoms with Crippen molar-refractivity contribution >= 4 is 23.5 Å². The molecule has 0 aromatic carbocycles. The molecule has 0 unspecified atom stereocenters. The van der Waals surface area contributed by atoms with Crippen LogP contribution in [0.2, 0.25) is 0 Å². The molecule has 0 radical (unpaired) electrons. The van der Waals surface area contributed by atoms with E-state index in [2.05, 4.69) is 9.63 Å². The van der Waals surface area contributed by atoms with Crippen molar-refractivity contribution in [2.24, 2.45) is 9.63 Å². The Balaban J connectivity index is 2.75. The maximum Gasteiger partial charge on any atom is 0.189 e. The molecule has 0 fully saturated rings. The van der Waals surface area contributed by atoms with E-state index < -0.39 is 0 Å². The highest BCUT2D eigenvalue weighted by Crippen LogP contribution is 2.08. The second kappa shape index (κ2) is 2.04. The minimum Gasteiger partial charge on any atom is -0.300 e. The van der Waals surface area contributed by atoms with Gasteiger partial charge in [-0.25, -0.2) is 0 Å². The van der Waals surface area contributed by atoms with Crippen LogP contribution in [0.5, 0.6) is 0 Å². The summed E-state index contributed by atoms with van der Waals surface area (Å²) in [6, 6.07) is 0. The first kappa shape index (κ1) is 5.43. The van der Waals surface area contributed by atoms with Crippen molar-refractivity contribution in [2.75, 3.05) is 5.75 Å². The average molecular weight is 128 g/mol. The van der Waals surface area contributed by atoms with Crippen LogP contribution in [0.3, 0.4) is 0 Å². The molecule has 1 aliphatic rings. The number of nitrogens with zero attached hydrogens (tertiary/aromatic N) is 2. The van der Waals surface area contributed by atoms with Crippen molar-refractivity contribution in [3.8, 4) is 0 Å². The van der Waals surface area contributed by atoms with Crippen LogP contribution in [0.15, 0.2) is 9.63 Å². The first-order chi connectivity index (χ1) is 3.80. The van der Waals surface area contributed by atoms with Gasteiger partial charge in [-0.2, -0.15) is 0 Å². The molecule has 0 amide bonds. The monoisotopic (exact) mass is 128 g/mol. The van der Waals surface area contributed by atoms with Crippen LogP contribution < -0.4 is 0 Å². The van der Waals surface area contributed by atoms with E-state index in [-0.39, 0.29) is 11.5 Å². The smallest absolute Gasteiger partial charge is 0.189 e. The van der Waals surface area contributed by atoms with E-state index in [1.807, 2.05) is 0 Å². The number of nitrogens with one attached hydrogen (secondary N) is 2. The lowest BCUT2D eigenvalue weighted by atomic mass is 10.4. The van der Waals surface area contributed by atoms with Crippen LogP contribution in [0, 0.1) is 10.8 Å². The SMILES string of the molecule is N=C1CSN=NC1=N. The normalized spacial score (nSPS) is 19.5. The quantitative estimate of drug-likeness (QED) is 0.471. The molecule has 5 heteroatoms. The lowest BCUT2D eigenvalue weighted by Gasteiger charge is -2.00. The van der Waals surface area contributed by atoms with Gasteiger partial charge in [-0.1, -0.05) is 0 Å². The second-order valence-electron chi connectivity index (χ2n) is 1.28. The van der Waals surface area contributed by atoms with E-state index in [9.17, 15) is 0 Å². The maximum atomic E-state index is 7.00. The fourth-order valence-electron chi connectivity index (χ4n) is 0.292. The number of hydrogen-bond acceptors (Lipinski definition) is 4. The van der Waals surface area contributed by atoms with Gasteiger partial charge >= 0.3 is 0 Å². The van der Waals surface area contributed by atoms with Crippen LogP contribution in [0.25, 0.3) is 0 Å². The van der Waals surface area contributed by atoms with Gasteiger partial charge in [0.15, 0.2) is 5.84 Å². The molecule has 4 nitrogen and oxygen atoms in total. The van der Waals surface area contributed by atoms with Crippen LogP contribution in [-0.2, 0) is 0 Å². The van der Waals surface area contributed by atoms with Crippen LogP contribution in [0.4, 0.5) is 0 Å². The Morgan fingerprint density at radius 2 is 2.25 bits per heavy atom. The van der Waals surface area contributed by atoms with E-state index in [0.717, 1.165) is 0 Å². The van der Waals surface area contributed by atoms with E-state index in [1.165, 1.54) is 11.9 Å². The van der Waals surface area contributed by atoms with Crippen molar-refractivity contribution in [1.82, 2.24) is 0 Å². The first-order valence-corrected chi connectivity index (χ1v) is 2.94. The van der Waals surface area contributed by atoms with Gasteiger partial charge in [0.05, 0.1) is 11.5 Å². The zero-order valence-electron chi connectivity index (χ0n) is 4.01. The third-order valence-corrected chi connectivity index (χ3v) is 1.31. The highest BCUT2D eigenvalue weighted by molar-refractivity contribution is 7.98. The molecular formula is C3H4N4S. The largest absolute Gasteiger partial charge is 0.300 e. The summed E-state index contributed by atoms with van der Waals surface area (Å²) < 4.78 is 3.48. The standard InChI is InChI=1S/C3H4N4S/c4-2-1-8-7-6-3(2)5/h4-5H,1H2. The molecule has 0 aliphatic carbocycles. The third kappa shape index (κ3) is 0.919. The summed E-state index contributed by atoms with van der Waals surface area (Å²) in [6.07, 6.45) is 0. The van der Waals surface area contributed by atoms with E-state index >= 15 is 0 Å². The molecule has 1 heterocycles. The van der Waals surface area contributed by atoms with Gasteiger partial charge in [0.2, 0.25) is 0 Å². The summed E-state index contributed by atoms with van der Waals surface area (Å²) in [5.41, 5.74) is 0.255. The summed E-state index contributed by atoms with van der Waals surface area (Å²) in [5, 5.41) is 17.2.